The fourth-order valence-corrected chi connectivity index (χ4v) is 1.54. The van der Waals surface area contributed by atoms with Crippen molar-refractivity contribution in [2.75, 3.05) is 6.54 Å². The van der Waals surface area contributed by atoms with E-state index < -0.39 is 0 Å². The Kier molecular flexibility index (Phi) is 2.68. The molecule has 0 fully saturated rings. The summed E-state index contributed by atoms with van der Waals surface area (Å²) in [7, 11) is 0. The molecule has 1 N–H and O–H groups in total. The van der Waals surface area contributed by atoms with E-state index in [0.29, 0.717) is 0 Å². The average molecular weight is 198 g/mol. The molecule has 0 aliphatic rings. The lowest BCUT2D eigenvalue weighted by Crippen LogP contribution is -2.10. The van der Waals surface area contributed by atoms with Gasteiger partial charge in [0.15, 0.2) is 0 Å². The van der Waals surface area contributed by atoms with Crippen molar-refractivity contribution in [3.63, 3.8) is 0 Å². The van der Waals surface area contributed by atoms with Gasteiger partial charge in [0, 0.05) is 11.9 Å². The van der Waals surface area contributed by atoms with Gasteiger partial charge in [0.1, 0.15) is 0 Å². The van der Waals surface area contributed by atoms with Gasteiger partial charge < -0.3 is 5.32 Å². The van der Waals surface area contributed by atoms with Crippen molar-refractivity contribution >= 4 is 16.6 Å². The molecule has 0 aliphatic heterocycles. The normalized spacial score (nSPS) is 10.2. The topological polar surface area (TPSA) is 24.9 Å². The van der Waals surface area contributed by atoms with Crippen LogP contribution in [0, 0.1) is 0 Å². The smallest absolute Gasteiger partial charge is 0.0862 e. The number of nitrogens with zero attached hydrogens (tertiary/aromatic N) is 1. The van der Waals surface area contributed by atoms with E-state index in [-0.39, 0.29) is 0 Å². The predicted octanol–water partition coefficient (Wildman–Crippen LogP) is 2.82. The maximum absolute atomic E-state index is 4.53. The minimum Gasteiger partial charge on any atom is -0.384 e. The van der Waals surface area contributed by atoms with Crippen LogP contribution >= 0.6 is 0 Å². The second-order valence-electron chi connectivity index (χ2n) is 3.40. The van der Waals surface area contributed by atoms with E-state index in [9.17, 15) is 0 Å². The highest BCUT2D eigenvalue weighted by Gasteiger charge is 2.00. The quantitative estimate of drug-likeness (QED) is 0.820. The maximum atomic E-state index is 4.53. The molecule has 0 unspecified atom stereocenters. The zero-order valence-corrected chi connectivity index (χ0v) is 8.83. The molecular formula is C13H14N2. The van der Waals surface area contributed by atoms with E-state index in [1.54, 1.807) is 0 Å². The number of nitrogens with one attached hydrogen (secondary N) is 1. The molecule has 0 saturated heterocycles. The molecule has 1 heterocycles. The van der Waals surface area contributed by atoms with Crippen molar-refractivity contribution in [2.24, 2.45) is 0 Å². The fourth-order valence-electron chi connectivity index (χ4n) is 1.54. The number of fused-ring (bicyclic) bond motifs is 1. The van der Waals surface area contributed by atoms with E-state index in [4.69, 9.17) is 0 Å². The van der Waals surface area contributed by atoms with Crippen LogP contribution in [0.2, 0.25) is 0 Å². The monoisotopic (exact) mass is 198 g/mol. The van der Waals surface area contributed by atoms with E-state index in [2.05, 4.69) is 29.0 Å². The van der Waals surface area contributed by atoms with E-state index in [1.807, 2.05) is 31.2 Å². The van der Waals surface area contributed by atoms with Crippen molar-refractivity contribution in [2.45, 2.75) is 6.92 Å². The predicted molar refractivity (Wildman–Crippen MR) is 64.5 cm³/mol. The first-order chi connectivity index (χ1) is 7.31. The Labute approximate surface area is 89.7 Å². The van der Waals surface area contributed by atoms with Gasteiger partial charge in [-0.2, -0.15) is 0 Å². The Morgan fingerprint density at radius 3 is 2.87 bits per heavy atom. The SMILES string of the molecule is C=C(NCC)c1ccc2ccccc2n1. The standard InChI is InChI=1S/C13H14N2/c1-3-14-10(2)12-9-8-11-6-4-5-7-13(11)15-12/h4-9,14H,2-3H2,1H3. The minimum atomic E-state index is 0.868. The van der Waals surface area contributed by atoms with Crippen LogP contribution in [0.3, 0.4) is 0 Å². The summed E-state index contributed by atoms with van der Waals surface area (Å²) >= 11 is 0. The molecule has 1 aromatic heterocycles. The number of hydrogen-bond donors (Lipinski definition) is 1. The van der Waals surface area contributed by atoms with Crippen LogP contribution < -0.4 is 5.32 Å². The first-order valence-electron chi connectivity index (χ1n) is 5.10. The number of aromatic nitrogens is 1. The first kappa shape index (κ1) is 9.71. The lowest BCUT2D eigenvalue weighted by atomic mass is 10.2. The summed E-state index contributed by atoms with van der Waals surface area (Å²) in [6.07, 6.45) is 0. The molecule has 2 heteroatoms. The van der Waals surface area contributed by atoms with E-state index in [0.717, 1.165) is 28.8 Å². The number of para-hydroxylation sites is 1. The van der Waals surface area contributed by atoms with Crippen molar-refractivity contribution < 1.29 is 0 Å². The molecule has 76 valence electrons. The van der Waals surface area contributed by atoms with Gasteiger partial charge in [0.25, 0.3) is 0 Å². The molecule has 0 saturated carbocycles. The lowest BCUT2D eigenvalue weighted by Gasteiger charge is -2.07. The van der Waals surface area contributed by atoms with Gasteiger partial charge in [-0.15, -0.1) is 0 Å². The molecule has 0 amide bonds. The molecule has 15 heavy (non-hydrogen) atoms. The molecular weight excluding hydrogens is 184 g/mol. The first-order valence-corrected chi connectivity index (χ1v) is 5.10. The summed E-state index contributed by atoms with van der Waals surface area (Å²) in [6, 6.07) is 12.1. The third kappa shape index (κ3) is 1.99. The molecule has 2 aromatic rings. The van der Waals surface area contributed by atoms with Crippen molar-refractivity contribution in [3.8, 4) is 0 Å². The van der Waals surface area contributed by atoms with Crippen LogP contribution in [-0.2, 0) is 0 Å². The Hall–Kier alpha value is -1.83. The fraction of sp³-hybridized carbons (Fsp3) is 0.154. The highest BCUT2D eigenvalue weighted by atomic mass is 14.9. The molecule has 1 aromatic carbocycles. The van der Waals surface area contributed by atoms with Gasteiger partial charge in [0.2, 0.25) is 0 Å². The molecule has 0 radical (unpaired) electrons. The third-order valence-electron chi connectivity index (χ3n) is 2.30. The minimum absolute atomic E-state index is 0.868. The van der Waals surface area contributed by atoms with Crippen molar-refractivity contribution in [1.29, 1.82) is 0 Å². The summed E-state index contributed by atoms with van der Waals surface area (Å²) < 4.78 is 0. The number of pyridine rings is 1. The average Bonchev–Trinajstić information content (AvgIpc) is 2.29. The summed E-state index contributed by atoms with van der Waals surface area (Å²) in [5, 5.41) is 4.33. The molecule has 2 nitrogen and oxygen atoms in total. The zero-order chi connectivity index (χ0) is 10.7. The van der Waals surface area contributed by atoms with Gasteiger partial charge in [0.05, 0.1) is 16.9 Å². The van der Waals surface area contributed by atoms with Gasteiger partial charge in [-0.05, 0) is 19.1 Å². The number of rotatable bonds is 3. The third-order valence-corrected chi connectivity index (χ3v) is 2.30. The molecule has 0 spiro atoms. The van der Waals surface area contributed by atoms with Crippen LogP contribution in [0.4, 0.5) is 0 Å². The van der Waals surface area contributed by atoms with Crippen LogP contribution in [0.1, 0.15) is 12.6 Å². The van der Waals surface area contributed by atoms with Crippen LogP contribution in [0.5, 0.6) is 0 Å². The second kappa shape index (κ2) is 4.13. The summed E-state index contributed by atoms with van der Waals surface area (Å²) in [6.45, 7) is 6.86. The van der Waals surface area contributed by atoms with Crippen molar-refractivity contribution in [3.05, 3.63) is 48.7 Å². The Bertz CT molecular complexity index is 489. The number of hydrogen-bond acceptors (Lipinski definition) is 2. The highest BCUT2D eigenvalue weighted by Crippen LogP contribution is 2.14. The Morgan fingerprint density at radius 1 is 1.27 bits per heavy atom. The molecule has 0 bridgehead atoms. The highest BCUT2D eigenvalue weighted by molar-refractivity contribution is 5.80. The maximum Gasteiger partial charge on any atom is 0.0862 e. The Balaban J connectivity index is 2.42. The van der Waals surface area contributed by atoms with E-state index in [1.165, 1.54) is 0 Å². The van der Waals surface area contributed by atoms with Gasteiger partial charge >= 0.3 is 0 Å². The van der Waals surface area contributed by atoms with Crippen molar-refractivity contribution in [1.82, 2.24) is 10.3 Å². The van der Waals surface area contributed by atoms with E-state index >= 15 is 0 Å². The summed E-state index contributed by atoms with van der Waals surface area (Å²) in [5.74, 6) is 0. The second-order valence-corrected chi connectivity index (χ2v) is 3.40. The lowest BCUT2D eigenvalue weighted by molar-refractivity contribution is 0.935. The van der Waals surface area contributed by atoms with Crippen LogP contribution in [-0.4, -0.2) is 11.5 Å². The molecule has 2 rings (SSSR count). The van der Waals surface area contributed by atoms with Gasteiger partial charge in [-0.3, -0.25) is 0 Å². The van der Waals surface area contributed by atoms with Gasteiger partial charge in [-0.1, -0.05) is 30.8 Å². The Morgan fingerprint density at radius 2 is 2.07 bits per heavy atom. The molecule has 0 atom stereocenters. The van der Waals surface area contributed by atoms with Crippen LogP contribution in [0.25, 0.3) is 16.6 Å². The van der Waals surface area contributed by atoms with Gasteiger partial charge in [-0.25, -0.2) is 4.98 Å². The summed E-state index contributed by atoms with van der Waals surface area (Å²) in [4.78, 5) is 4.53. The zero-order valence-electron chi connectivity index (χ0n) is 8.83. The summed E-state index contributed by atoms with van der Waals surface area (Å²) in [5.41, 5.74) is 2.80. The largest absolute Gasteiger partial charge is 0.384 e. The number of benzene rings is 1. The van der Waals surface area contributed by atoms with Crippen LogP contribution in [0.15, 0.2) is 43.0 Å². The molecule has 0 aliphatic carbocycles.